The molecular formula is C24H19NO4. The van der Waals surface area contributed by atoms with Crippen molar-refractivity contribution in [2.75, 3.05) is 0 Å². The summed E-state index contributed by atoms with van der Waals surface area (Å²) in [6.07, 6.45) is -0.135. The van der Waals surface area contributed by atoms with Crippen LogP contribution in [0.1, 0.15) is 44.3 Å². The quantitative estimate of drug-likeness (QED) is 0.373. The number of nitrogens with zero attached hydrogens (tertiary/aromatic N) is 1. The molecule has 0 fully saturated rings. The Labute approximate surface area is 168 Å². The molecule has 0 saturated carbocycles. The van der Waals surface area contributed by atoms with E-state index in [1.807, 2.05) is 37.3 Å². The van der Waals surface area contributed by atoms with Gasteiger partial charge in [0.1, 0.15) is 5.75 Å². The van der Waals surface area contributed by atoms with Gasteiger partial charge in [0, 0.05) is 0 Å². The highest BCUT2D eigenvalue weighted by Gasteiger charge is 2.41. The van der Waals surface area contributed by atoms with Crippen molar-refractivity contribution >= 4 is 17.8 Å². The molecule has 1 heterocycles. The molecule has 29 heavy (non-hydrogen) atoms. The van der Waals surface area contributed by atoms with E-state index in [0.29, 0.717) is 22.4 Å². The SMILES string of the molecule is Cc1ccc(C(CC(=O)Oc2ccccc2)N2C(=O)c3ccccc3C2=O)cc1. The molecule has 0 aromatic heterocycles. The van der Waals surface area contributed by atoms with Crippen LogP contribution in [0.2, 0.25) is 0 Å². The van der Waals surface area contributed by atoms with Gasteiger partial charge in [-0.25, -0.2) is 0 Å². The molecule has 3 aromatic carbocycles. The number of hydrogen-bond donors (Lipinski definition) is 0. The highest BCUT2D eigenvalue weighted by Crippen LogP contribution is 2.34. The van der Waals surface area contributed by atoms with Crippen molar-refractivity contribution < 1.29 is 19.1 Å². The van der Waals surface area contributed by atoms with E-state index in [9.17, 15) is 14.4 Å². The van der Waals surface area contributed by atoms with Crippen LogP contribution in [0.5, 0.6) is 5.75 Å². The van der Waals surface area contributed by atoms with Crippen LogP contribution in [0.3, 0.4) is 0 Å². The minimum Gasteiger partial charge on any atom is -0.426 e. The number of aryl methyl sites for hydroxylation is 1. The van der Waals surface area contributed by atoms with Crippen molar-refractivity contribution in [2.24, 2.45) is 0 Å². The Morgan fingerprint density at radius 1 is 0.828 bits per heavy atom. The monoisotopic (exact) mass is 385 g/mol. The molecular weight excluding hydrogens is 366 g/mol. The van der Waals surface area contributed by atoms with Gasteiger partial charge < -0.3 is 4.74 Å². The number of carbonyl (C=O) groups is 3. The molecule has 0 bridgehead atoms. The van der Waals surface area contributed by atoms with Gasteiger partial charge in [-0.1, -0.05) is 60.2 Å². The van der Waals surface area contributed by atoms with Crippen LogP contribution < -0.4 is 4.74 Å². The third-order valence-corrected chi connectivity index (χ3v) is 4.93. The lowest BCUT2D eigenvalue weighted by Crippen LogP contribution is -2.36. The summed E-state index contributed by atoms with van der Waals surface area (Å²) in [7, 11) is 0. The lowest BCUT2D eigenvalue weighted by atomic mass is 10.0. The van der Waals surface area contributed by atoms with Gasteiger partial charge in [-0.05, 0) is 36.8 Å². The van der Waals surface area contributed by atoms with Crippen molar-refractivity contribution in [1.82, 2.24) is 4.90 Å². The van der Waals surface area contributed by atoms with Gasteiger partial charge in [-0.2, -0.15) is 0 Å². The van der Waals surface area contributed by atoms with E-state index in [1.165, 1.54) is 4.90 Å². The number of ether oxygens (including phenoxy) is 1. The molecule has 4 rings (SSSR count). The van der Waals surface area contributed by atoms with Crippen LogP contribution in [-0.2, 0) is 4.79 Å². The first-order valence-corrected chi connectivity index (χ1v) is 9.34. The third kappa shape index (κ3) is 3.67. The highest BCUT2D eigenvalue weighted by atomic mass is 16.5. The molecule has 3 aromatic rings. The fourth-order valence-corrected chi connectivity index (χ4v) is 3.46. The highest BCUT2D eigenvalue weighted by molar-refractivity contribution is 6.21. The minimum atomic E-state index is -0.751. The molecule has 1 aliphatic rings. The Hall–Kier alpha value is -3.73. The Balaban J connectivity index is 1.66. The average molecular weight is 385 g/mol. The fourth-order valence-electron chi connectivity index (χ4n) is 3.46. The fraction of sp³-hybridized carbons (Fsp3) is 0.125. The molecule has 1 unspecified atom stereocenters. The Morgan fingerprint density at radius 2 is 1.38 bits per heavy atom. The van der Waals surface area contributed by atoms with Gasteiger partial charge in [-0.3, -0.25) is 19.3 Å². The maximum absolute atomic E-state index is 13.0. The van der Waals surface area contributed by atoms with Crippen LogP contribution in [0.25, 0.3) is 0 Å². The lowest BCUT2D eigenvalue weighted by Gasteiger charge is -2.26. The summed E-state index contributed by atoms with van der Waals surface area (Å²) < 4.78 is 5.41. The van der Waals surface area contributed by atoms with Crippen molar-refractivity contribution in [2.45, 2.75) is 19.4 Å². The zero-order chi connectivity index (χ0) is 20.4. The smallest absolute Gasteiger partial charge is 0.313 e. The summed E-state index contributed by atoms with van der Waals surface area (Å²) in [6.45, 7) is 1.95. The summed E-state index contributed by atoms with van der Waals surface area (Å²) in [6, 6.07) is 22.1. The van der Waals surface area contributed by atoms with Gasteiger partial charge in [0.15, 0.2) is 0 Å². The number of amides is 2. The standard InChI is InChI=1S/C24H19NO4/c1-16-11-13-17(14-12-16)21(15-22(26)29-18-7-3-2-4-8-18)25-23(27)19-9-5-6-10-20(19)24(25)28/h2-14,21H,15H2,1H3. The van der Waals surface area contributed by atoms with Gasteiger partial charge >= 0.3 is 5.97 Å². The Bertz CT molecular complexity index is 1040. The molecule has 1 atom stereocenters. The first-order valence-electron chi connectivity index (χ1n) is 9.34. The number of para-hydroxylation sites is 1. The topological polar surface area (TPSA) is 63.7 Å². The number of carbonyl (C=O) groups excluding carboxylic acids is 3. The molecule has 0 saturated heterocycles. The first-order chi connectivity index (χ1) is 14.0. The Kier molecular flexibility index (Phi) is 4.96. The molecule has 0 spiro atoms. The number of fused-ring (bicyclic) bond motifs is 1. The van der Waals surface area contributed by atoms with Crippen LogP contribution >= 0.6 is 0 Å². The zero-order valence-corrected chi connectivity index (χ0v) is 15.9. The maximum Gasteiger partial charge on any atom is 0.313 e. The number of benzene rings is 3. The maximum atomic E-state index is 13.0. The first kappa shape index (κ1) is 18.6. The van der Waals surface area contributed by atoms with E-state index in [0.717, 1.165) is 5.56 Å². The van der Waals surface area contributed by atoms with E-state index in [4.69, 9.17) is 4.74 Å². The van der Waals surface area contributed by atoms with Crippen molar-refractivity contribution in [3.05, 3.63) is 101 Å². The van der Waals surface area contributed by atoms with Crippen LogP contribution in [0.4, 0.5) is 0 Å². The van der Waals surface area contributed by atoms with Gasteiger partial charge in [0.05, 0.1) is 23.6 Å². The van der Waals surface area contributed by atoms with Gasteiger partial charge in [0.2, 0.25) is 0 Å². The second kappa shape index (κ2) is 7.72. The number of rotatable bonds is 5. The summed E-state index contributed by atoms with van der Waals surface area (Å²) in [5, 5.41) is 0. The Morgan fingerprint density at radius 3 is 1.97 bits per heavy atom. The number of imide groups is 1. The van der Waals surface area contributed by atoms with Crippen molar-refractivity contribution in [1.29, 1.82) is 0 Å². The summed E-state index contributed by atoms with van der Waals surface area (Å²) in [4.78, 5) is 39.8. The molecule has 5 nitrogen and oxygen atoms in total. The third-order valence-electron chi connectivity index (χ3n) is 4.93. The average Bonchev–Trinajstić information content (AvgIpc) is 2.98. The molecule has 5 heteroatoms. The molecule has 1 aliphatic heterocycles. The summed E-state index contributed by atoms with van der Waals surface area (Å²) in [5.41, 5.74) is 2.45. The summed E-state index contributed by atoms with van der Waals surface area (Å²) >= 11 is 0. The van der Waals surface area contributed by atoms with Crippen LogP contribution in [0, 0.1) is 6.92 Å². The summed E-state index contributed by atoms with van der Waals surface area (Å²) in [5.74, 6) is -0.895. The molecule has 2 amide bonds. The lowest BCUT2D eigenvalue weighted by molar-refractivity contribution is -0.135. The predicted octanol–water partition coefficient (Wildman–Crippen LogP) is 4.33. The molecule has 0 aliphatic carbocycles. The van der Waals surface area contributed by atoms with E-state index in [2.05, 4.69) is 0 Å². The second-order valence-electron chi connectivity index (χ2n) is 6.94. The zero-order valence-electron chi connectivity index (χ0n) is 15.9. The minimum absolute atomic E-state index is 0.135. The normalized spacial score (nSPS) is 13.9. The van der Waals surface area contributed by atoms with E-state index < -0.39 is 23.8 Å². The van der Waals surface area contributed by atoms with E-state index in [1.54, 1.807) is 48.5 Å². The van der Waals surface area contributed by atoms with Crippen molar-refractivity contribution in [3.63, 3.8) is 0 Å². The van der Waals surface area contributed by atoms with Gasteiger partial charge in [0.25, 0.3) is 11.8 Å². The second-order valence-corrected chi connectivity index (χ2v) is 6.94. The van der Waals surface area contributed by atoms with Crippen molar-refractivity contribution in [3.8, 4) is 5.75 Å². The van der Waals surface area contributed by atoms with E-state index >= 15 is 0 Å². The van der Waals surface area contributed by atoms with E-state index in [-0.39, 0.29) is 6.42 Å². The largest absolute Gasteiger partial charge is 0.426 e. The van der Waals surface area contributed by atoms with Crippen LogP contribution in [0.15, 0.2) is 78.9 Å². The van der Waals surface area contributed by atoms with Gasteiger partial charge in [-0.15, -0.1) is 0 Å². The molecule has 0 N–H and O–H groups in total. The number of esters is 1. The predicted molar refractivity (Wildman–Crippen MR) is 108 cm³/mol. The molecule has 0 radical (unpaired) electrons. The molecule has 144 valence electrons. The number of hydrogen-bond acceptors (Lipinski definition) is 4. The van der Waals surface area contributed by atoms with Crippen LogP contribution in [-0.4, -0.2) is 22.7 Å².